The molecule has 1 amide bonds. The lowest BCUT2D eigenvalue weighted by atomic mass is 10.1. The highest BCUT2D eigenvalue weighted by Gasteiger charge is 2.21. The standard InChI is InChI=1S/C28H42N8O/c1-19(2)35(20(3)4)13-12-29-26-24-27(36(18-30-24)21(5)6)32-25(31-26)22-8-10-23(11-9-22)28(37)34-16-14-33(7)15-17-34/h8-11,18-21H,12-17H2,1-7H3,(H,29,31,32). The molecule has 1 aliphatic heterocycles. The summed E-state index contributed by atoms with van der Waals surface area (Å²) in [6, 6.07) is 8.83. The molecule has 0 bridgehead atoms. The zero-order valence-corrected chi connectivity index (χ0v) is 23.4. The van der Waals surface area contributed by atoms with Crippen molar-refractivity contribution in [2.24, 2.45) is 0 Å². The first-order valence-electron chi connectivity index (χ1n) is 13.5. The Morgan fingerprint density at radius 3 is 2.22 bits per heavy atom. The van der Waals surface area contributed by atoms with Gasteiger partial charge in [-0.3, -0.25) is 9.69 Å². The van der Waals surface area contributed by atoms with Crippen LogP contribution in [0.5, 0.6) is 0 Å². The normalized spacial score (nSPS) is 15.1. The number of fused-ring (bicyclic) bond motifs is 1. The van der Waals surface area contributed by atoms with Crippen molar-refractivity contribution in [1.29, 1.82) is 0 Å². The molecule has 37 heavy (non-hydrogen) atoms. The molecule has 0 saturated carbocycles. The van der Waals surface area contributed by atoms with Crippen LogP contribution < -0.4 is 5.32 Å². The molecule has 3 heterocycles. The molecule has 0 radical (unpaired) electrons. The first-order chi connectivity index (χ1) is 17.7. The van der Waals surface area contributed by atoms with E-state index in [0.29, 0.717) is 23.5 Å². The highest BCUT2D eigenvalue weighted by Crippen LogP contribution is 2.26. The topological polar surface area (TPSA) is 82.4 Å². The third-order valence-corrected chi connectivity index (χ3v) is 7.15. The Balaban J connectivity index is 1.59. The van der Waals surface area contributed by atoms with E-state index in [4.69, 9.17) is 9.97 Å². The fourth-order valence-corrected chi connectivity index (χ4v) is 4.92. The van der Waals surface area contributed by atoms with Crippen LogP contribution in [0.3, 0.4) is 0 Å². The minimum Gasteiger partial charge on any atom is -0.367 e. The van der Waals surface area contributed by atoms with Gasteiger partial charge >= 0.3 is 0 Å². The summed E-state index contributed by atoms with van der Waals surface area (Å²) in [6.07, 6.45) is 1.84. The highest BCUT2D eigenvalue weighted by molar-refractivity contribution is 5.95. The smallest absolute Gasteiger partial charge is 0.253 e. The molecule has 200 valence electrons. The van der Waals surface area contributed by atoms with Crippen LogP contribution in [0.2, 0.25) is 0 Å². The van der Waals surface area contributed by atoms with Crippen molar-refractivity contribution in [3.05, 3.63) is 36.2 Å². The van der Waals surface area contributed by atoms with Crippen molar-refractivity contribution in [1.82, 2.24) is 34.2 Å². The van der Waals surface area contributed by atoms with Crippen molar-refractivity contribution in [3.8, 4) is 11.4 Å². The summed E-state index contributed by atoms with van der Waals surface area (Å²) in [5.74, 6) is 1.45. The minimum absolute atomic E-state index is 0.0797. The molecule has 1 saturated heterocycles. The van der Waals surface area contributed by atoms with Gasteiger partial charge in [-0.1, -0.05) is 12.1 Å². The van der Waals surface area contributed by atoms with Gasteiger partial charge in [0.05, 0.1) is 6.33 Å². The number of amides is 1. The first-order valence-corrected chi connectivity index (χ1v) is 13.5. The molecule has 0 atom stereocenters. The number of likely N-dealkylation sites (N-methyl/N-ethyl adjacent to an activating group) is 1. The van der Waals surface area contributed by atoms with Gasteiger partial charge < -0.3 is 19.7 Å². The van der Waals surface area contributed by atoms with E-state index in [2.05, 4.69) is 73.3 Å². The summed E-state index contributed by atoms with van der Waals surface area (Å²) in [5, 5.41) is 3.53. The number of nitrogens with zero attached hydrogens (tertiary/aromatic N) is 7. The number of carbonyl (C=O) groups is 1. The van der Waals surface area contributed by atoms with Crippen LogP contribution in [0.25, 0.3) is 22.6 Å². The molecule has 4 rings (SSSR count). The molecule has 3 aromatic rings. The number of hydrogen-bond acceptors (Lipinski definition) is 7. The average Bonchev–Trinajstić information content (AvgIpc) is 3.31. The van der Waals surface area contributed by atoms with E-state index in [1.807, 2.05) is 35.5 Å². The number of rotatable bonds is 9. The van der Waals surface area contributed by atoms with Gasteiger partial charge in [0, 0.05) is 68.5 Å². The number of benzene rings is 1. The van der Waals surface area contributed by atoms with E-state index in [1.165, 1.54) is 0 Å². The maximum absolute atomic E-state index is 13.0. The number of nitrogens with one attached hydrogen (secondary N) is 1. The SMILES string of the molecule is CC(C)N(CCNc1nc(-c2ccc(C(=O)N3CCN(C)CC3)cc2)nc2c1ncn2C(C)C)C(C)C. The lowest BCUT2D eigenvalue weighted by Crippen LogP contribution is -2.47. The zero-order chi connectivity index (χ0) is 26.7. The van der Waals surface area contributed by atoms with Crippen LogP contribution in [-0.2, 0) is 0 Å². The molecule has 0 unspecified atom stereocenters. The van der Waals surface area contributed by atoms with E-state index in [1.54, 1.807) is 0 Å². The average molecular weight is 507 g/mol. The third kappa shape index (κ3) is 6.10. The molecule has 2 aromatic heterocycles. The van der Waals surface area contributed by atoms with Crippen LogP contribution in [0.15, 0.2) is 30.6 Å². The molecule has 1 N–H and O–H groups in total. The Bertz CT molecular complexity index is 1180. The van der Waals surface area contributed by atoms with Crippen molar-refractivity contribution < 1.29 is 4.79 Å². The van der Waals surface area contributed by atoms with E-state index >= 15 is 0 Å². The minimum atomic E-state index is 0.0797. The van der Waals surface area contributed by atoms with E-state index in [-0.39, 0.29) is 11.9 Å². The van der Waals surface area contributed by atoms with Crippen molar-refractivity contribution >= 4 is 22.9 Å². The molecular formula is C28H42N8O. The number of hydrogen-bond donors (Lipinski definition) is 1. The Hall–Kier alpha value is -3.04. The highest BCUT2D eigenvalue weighted by atomic mass is 16.2. The number of aromatic nitrogens is 4. The van der Waals surface area contributed by atoms with Crippen LogP contribution >= 0.6 is 0 Å². The molecular weight excluding hydrogens is 464 g/mol. The van der Waals surface area contributed by atoms with Crippen LogP contribution in [0, 0.1) is 0 Å². The van der Waals surface area contributed by atoms with E-state index in [9.17, 15) is 4.79 Å². The number of imidazole rings is 1. The van der Waals surface area contributed by atoms with Gasteiger partial charge in [0.1, 0.15) is 5.52 Å². The summed E-state index contributed by atoms with van der Waals surface area (Å²) in [6.45, 7) is 18.1. The molecule has 0 aliphatic carbocycles. The van der Waals surface area contributed by atoms with Gasteiger partial charge in [-0.15, -0.1) is 0 Å². The summed E-state index contributed by atoms with van der Waals surface area (Å²) in [5.41, 5.74) is 3.16. The zero-order valence-electron chi connectivity index (χ0n) is 23.4. The van der Waals surface area contributed by atoms with Gasteiger partial charge in [-0.2, -0.15) is 0 Å². The number of piperazine rings is 1. The lowest BCUT2D eigenvalue weighted by molar-refractivity contribution is 0.0664. The Morgan fingerprint density at radius 1 is 0.973 bits per heavy atom. The quantitative estimate of drug-likeness (QED) is 0.470. The monoisotopic (exact) mass is 506 g/mol. The predicted molar refractivity (Wildman–Crippen MR) is 150 cm³/mol. The number of carbonyl (C=O) groups excluding carboxylic acids is 1. The van der Waals surface area contributed by atoms with Gasteiger partial charge in [-0.05, 0) is 60.7 Å². The fraction of sp³-hybridized carbons (Fsp3) is 0.571. The molecule has 9 nitrogen and oxygen atoms in total. The van der Waals surface area contributed by atoms with Gasteiger partial charge in [0.25, 0.3) is 5.91 Å². The largest absolute Gasteiger partial charge is 0.367 e. The Labute approximate surface area is 220 Å². The number of anilines is 1. The second-order valence-electron chi connectivity index (χ2n) is 10.8. The second kappa shape index (κ2) is 11.6. The van der Waals surface area contributed by atoms with Crippen molar-refractivity contribution in [2.45, 2.75) is 59.7 Å². The fourth-order valence-electron chi connectivity index (χ4n) is 4.92. The summed E-state index contributed by atoms with van der Waals surface area (Å²) in [7, 11) is 2.09. The van der Waals surface area contributed by atoms with Gasteiger partial charge in [0.2, 0.25) is 0 Å². The van der Waals surface area contributed by atoms with Gasteiger partial charge in [0.15, 0.2) is 17.3 Å². The molecule has 1 fully saturated rings. The Kier molecular flexibility index (Phi) is 8.44. The van der Waals surface area contributed by atoms with Crippen LogP contribution in [0.1, 0.15) is 57.9 Å². The Morgan fingerprint density at radius 2 is 1.62 bits per heavy atom. The van der Waals surface area contributed by atoms with Crippen molar-refractivity contribution in [3.63, 3.8) is 0 Å². The first kappa shape index (κ1) is 27.0. The predicted octanol–water partition coefficient (Wildman–Crippen LogP) is 3.99. The molecule has 1 aromatic carbocycles. The van der Waals surface area contributed by atoms with E-state index in [0.717, 1.165) is 61.8 Å². The van der Waals surface area contributed by atoms with E-state index < -0.39 is 0 Å². The van der Waals surface area contributed by atoms with Crippen LogP contribution in [0.4, 0.5) is 5.82 Å². The molecule has 9 heteroatoms. The lowest BCUT2D eigenvalue weighted by Gasteiger charge is -2.32. The third-order valence-electron chi connectivity index (χ3n) is 7.15. The van der Waals surface area contributed by atoms with Gasteiger partial charge in [-0.25, -0.2) is 15.0 Å². The summed E-state index contributed by atoms with van der Waals surface area (Å²) >= 11 is 0. The van der Waals surface area contributed by atoms with Crippen LogP contribution in [-0.4, -0.2) is 98.5 Å². The maximum atomic E-state index is 13.0. The summed E-state index contributed by atoms with van der Waals surface area (Å²) < 4.78 is 2.07. The second-order valence-corrected chi connectivity index (χ2v) is 10.8. The molecule has 0 spiro atoms. The molecule has 1 aliphatic rings. The van der Waals surface area contributed by atoms with Crippen molar-refractivity contribution in [2.75, 3.05) is 51.6 Å². The maximum Gasteiger partial charge on any atom is 0.253 e. The summed E-state index contributed by atoms with van der Waals surface area (Å²) in [4.78, 5) is 34.0.